The zero-order valence-corrected chi connectivity index (χ0v) is 6.01. The van der Waals surface area contributed by atoms with E-state index in [0.29, 0.717) is 12.3 Å². The van der Waals surface area contributed by atoms with E-state index in [1.165, 1.54) is 12.8 Å². The molecule has 0 spiro atoms. The fourth-order valence-electron chi connectivity index (χ4n) is 2.24. The Bertz CT molecular complexity index is 191. The van der Waals surface area contributed by atoms with Gasteiger partial charge < -0.3 is 5.11 Å². The fourth-order valence-corrected chi connectivity index (χ4v) is 2.24. The van der Waals surface area contributed by atoms with Crippen LogP contribution in [0.4, 0.5) is 0 Å². The van der Waals surface area contributed by atoms with Gasteiger partial charge >= 0.3 is 0 Å². The van der Waals surface area contributed by atoms with Crippen molar-refractivity contribution in [2.24, 2.45) is 11.8 Å². The van der Waals surface area contributed by atoms with Gasteiger partial charge in [0.05, 0.1) is 5.60 Å². The molecule has 2 saturated carbocycles. The van der Waals surface area contributed by atoms with Crippen LogP contribution < -0.4 is 0 Å². The third-order valence-corrected chi connectivity index (χ3v) is 2.97. The summed E-state index contributed by atoms with van der Waals surface area (Å²) in [7, 11) is 0. The molecule has 10 heavy (non-hydrogen) atoms. The third-order valence-electron chi connectivity index (χ3n) is 2.97. The Morgan fingerprint density at radius 2 is 2.50 bits per heavy atom. The molecule has 2 rings (SSSR count). The van der Waals surface area contributed by atoms with Crippen molar-refractivity contribution in [1.29, 1.82) is 0 Å². The highest BCUT2D eigenvalue weighted by molar-refractivity contribution is 5.11. The maximum atomic E-state index is 9.86. The van der Waals surface area contributed by atoms with Crippen LogP contribution in [-0.4, -0.2) is 10.7 Å². The van der Waals surface area contributed by atoms with Gasteiger partial charge in [-0.3, -0.25) is 0 Å². The summed E-state index contributed by atoms with van der Waals surface area (Å²) < 4.78 is 0. The number of aliphatic hydroxyl groups is 1. The Kier molecular flexibility index (Phi) is 1.10. The van der Waals surface area contributed by atoms with Gasteiger partial charge in [-0.05, 0) is 31.1 Å². The minimum absolute atomic E-state index is 0.459. The molecule has 0 aromatic carbocycles. The van der Waals surface area contributed by atoms with Gasteiger partial charge in [0.2, 0.25) is 0 Å². The Morgan fingerprint density at radius 1 is 1.70 bits per heavy atom. The quantitative estimate of drug-likeness (QED) is 0.536. The van der Waals surface area contributed by atoms with Gasteiger partial charge in [-0.1, -0.05) is 0 Å². The SMILES string of the molecule is C#CCC1(O)CCC2CC21. The maximum Gasteiger partial charge on any atom is 0.0787 e. The standard InChI is InChI=1S/C9H12O/c1-2-4-9(10)5-3-7-6-8(7)9/h1,7-8,10H,3-6H2. The lowest BCUT2D eigenvalue weighted by Gasteiger charge is -2.21. The predicted molar refractivity (Wildman–Crippen MR) is 39.2 cm³/mol. The smallest absolute Gasteiger partial charge is 0.0787 e. The van der Waals surface area contributed by atoms with Crippen LogP contribution in [0.2, 0.25) is 0 Å². The molecule has 2 fully saturated rings. The summed E-state index contributed by atoms with van der Waals surface area (Å²) in [6.07, 6.45) is 9.08. The van der Waals surface area contributed by atoms with Crippen LogP contribution in [0.3, 0.4) is 0 Å². The highest BCUT2D eigenvalue weighted by Gasteiger charge is 2.56. The molecule has 0 saturated heterocycles. The van der Waals surface area contributed by atoms with E-state index >= 15 is 0 Å². The highest BCUT2D eigenvalue weighted by atomic mass is 16.3. The average Bonchev–Trinajstić information content (AvgIpc) is 2.58. The van der Waals surface area contributed by atoms with Gasteiger partial charge in [0, 0.05) is 6.42 Å². The molecule has 1 nitrogen and oxygen atoms in total. The normalized spacial score (nSPS) is 50.0. The van der Waals surface area contributed by atoms with E-state index in [9.17, 15) is 5.11 Å². The number of terminal acetylenes is 1. The van der Waals surface area contributed by atoms with E-state index in [2.05, 4.69) is 5.92 Å². The van der Waals surface area contributed by atoms with Crippen LogP contribution in [0.15, 0.2) is 0 Å². The molecule has 2 aliphatic rings. The molecule has 0 bridgehead atoms. The topological polar surface area (TPSA) is 20.2 Å². The first kappa shape index (κ1) is 6.24. The van der Waals surface area contributed by atoms with Crippen LogP contribution in [-0.2, 0) is 0 Å². The van der Waals surface area contributed by atoms with Crippen molar-refractivity contribution < 1.29 is 5.11 Å². The van der Waals surface area contributed by atoms with Gasteiger partial charge in [0.15, 0.2) is 0 Å². The summed E-state index contributed by atoms with van der Waals surface area (Å²) in [5, 5.41) is 9.86. The minimum atomic E-state index is -0.459. The molecule has 3 atom stereocenters. The van der Waals surface area contributed by atoms with Gasteiger partial charge in [0.1, 0.15) is 0 Å². The fraction of sp³-hybridized carbons (Fsp3) is 0.778. The van der Waals surface area contributed by atoms with E-state index in [1.807, 2.05) is 0 Å². The number of hydrogen-bond donors (Lipinski definition) is 1. The number of rotatable bonds is 1. The van der Waals surface area contributed by atoms with Gasteiger partial charge in [0.25, 0.3) is 0 Å². The minimum Gasteiger partial charge on any atom is -0.389 e. The second-order valence-corrected chi connectivity index (χ2v) is 3.63. The molecule has 54 valence electrons. The molecular formula is C9H12O. The first-order valence-corrected chi connectivity index (χ1v) is 3.92. The predicted octanol–water partition coefficient (Wildman–Crippen LogP) is 1.17. The highest BCUT2D eigenvalue weighted by Crippen LogP contribution is 2.58. The van der Waals surface area contributed by atoms with E-state index < -0.39 is 5.60 Å². The average molecular weight is 136 g/mol. The molecule has 1 heteroatoms. The molecule has 2 aliphatic carbocycles. The van der Waals surface area contributed by atoms with E-state index in [1.54, 1.807) is 0 Å². The molecule has 1 N–H and O–H groups in total. The summed E-state index contributed by atoms with van der Waals surface area (Å²) in [4.78, 5) is 0. The second-order valence-electron chi connectivity index (χ2n) is 3.63. The van der Waals surface area contributed by atoms with Gasteiger partial charge in [-0.15, -0.1) is 12.3 Å². The van der Waals surface area contributed by atoms with Crippen molar-refractivity contribution in [2.75, 3.05) is 0 Å². The molecule has 0 aromatic rings. The van der Waals surface area contributed by atoms with Crippen molar-refractivity contribution in [1.82, 2.24) is 0 Å². The van der Waals surface area contributed by atoms with E-state index in [0.717, 1.165) is 12.3 Å². The summed E-state index contributed by atoms with van der Waals surface area (Å²) in [6.45, 7) is 0. The molecule has 0 amide bonds. The number of hydrogen-bond acceptors (Lipinski definition) is 1. The van der Waals surface area contributed by atoms with Crippen LogP contribution in [0.25, 0.3) is 0 Å². The van der Waals surface area contributed by atoms with Crippen LogP contribution >= 0.6 is 0 Å². The van der Waals surface area contributed by atoms with Crippen molar-refractivity contribution in [3.8, 4) is 12.3 Å². The monoisotopic (exact) mass is 136 g/mol. The van der Waals surface area contributed by atoms with Gasteiger partial charge in [-0.25, -0.2) is 0 Å². The Balaban J connectivity index is 2.08. The summed E-state index contributed by atoms with van der Waals surface area (Å²) >= 11 is 0. The largest absolute Gasteiger partial charge is 0.389 e. The van der Waals surface area contributed by atoms with Crippen molar-refractivity contribution >= 4 is 0 Å². The van der Waals surface area contributed by atoms with Crippen LogP contribution in [0.1, 0.15) is 25.7 Å². The zero-order chi connectivity index (χ0) is 7.19. The molecule has 0 aromatic heterocycles. The van der Waals surface area contributed by atoms with Crippen molar-refractivity contribution in [2.45, 2.75) is 31.3 Å². The lowest BCUT2D eigenvalue weighted by Crippen LogP contribution is -2.27. The first-order chi connectivity index (χ1) is 4.76. The zero-order valence-electron chi connectivity index (χ0n) is 6.01. The maximum absolute atomic E-state index is 9.86. The summed E-state index contributed by atoms with van der Waals surface area (Å²) in [6, 6.07) is 0. The lowest BCUT2D eigenvalue weighted by molar-refractivity contribution is 0.0302. The Labute approximate surface area is 61.4 Å². The van der Waals surface area contributed by atoms with Gasteiger partial charge in [-0.2, -0.15) is 0 Å². The summed E-state index contributed by atoms with van der Waals surface area (Å²) in [5.41, 5.74) is -0.459. The number of fused-ring (bicyclic) bond motifs is 1. The van der Waals surface area contributed by atoms with E-state index in [4.69, 9.17) is 6.42 Å². The lowest BCUT2D eigenvalue weighted by atomic mass is 9.94. The van der Waals surface area contributed by atoms with Crippen LogP contribution in [0, 0.1) is 24.2 Å². The second kappa shape index (κ2) is 1.77. The molecule has 3 unspecified atom stereocenters. The molecule has 0 radical (unpaired) electrons. The van der Waals surface area contributed by atoms with Crippen molar-refractivity contribution in [3.05, 3.63) is 0 Å². The van der Waals surface area contributed by atoms with Crippen molar-refractivity contribution in [3.63, 3.8) is 0 Å². The van der Waals surface area contributed by atoms with Crippen LogP contribution in [0.5, 0.6) is 0 Å². The molecule has 0 heterocycles. The molecular weight excluding hydrogens is 124 g/mol. The molecule has 0 aliphatic heterocycles. The Morgan fingerprint density at radius 3 is 2.90 bits per heavy atom. The third kappa shape index (κ3) is 0.690. The first-order valence-electron chi connectivity index (χ1n) is 3.92. The van der Waals surface area contributed by atoms with E-state index in [-0.39, 0.29) is 0 Å². The Hall–Kier alpha value is -0.480. The summed E-state index contributed by atoms with van der Waals surface area (Å²) in [5.74, 6) is 3.93.